The van der Waals surface area contributed by atoms with Gasteiger partial charge in [0.15, 0.2) is 0 Å². The smallest absolute Gasteiger partial charge is 0.218 e. The summed E-state index contributed by atoms with van der Waals surface area (Å²) in [6, 6.07) is 3.83. The number of furan rings is 1. The fourth-order valence-corrected chi connectivity index (χ4v) is 3.20. The van der Waals surface area contributed by atoms with E-state index >= 15 is 0 Å². The Bertz CT molecular complexity index is 454. The average molecular weight is 288 g/mol. The maximum atomic E-state index is 12.4. The molecule has 0 radical (unpaired) electrons. The Hall–Kier alpha value is -0.850. The number of hydrogen-bond donors (Lipinski definition) is 1. The Morgan fingerprint density at radius 3 is 2.53 bits per heavy atom. The summed E-state index contributed by atoms with van der Waals surface area (Å²) in [4.78, 5) is 0. The Balaban J connectivity index is 2.71. The van der Waals surface area contributed by atoms with Gasteiger partial charge in [0.1, 0.15) is 5.76 Å². The van der Waals surface area contributed by atoms with Crippen molar-refractivity contribution < 1.29 is 12.8 Å². The van der Waals surface area contributed by atoms with Gasteiger partial charge in [-0.15, -0.1) is 0 Å². The summed E-state index contributed by atoms with van der Waals surface area (Å²) in [6.07, 6.45) is 1.56. The summed E-state index contributed by atoms with van der Waals surface area (Å²) in [5, 5.41) is 2.71. The maximum absolute atomic E-state index is 12.4. The van der Waals surface area contributed by atoms with Crippen LogP contribution in [0.3, 0.4) is 0 Å². The molecule has 0 saturated heterocycles. The van der Waals surface area contributed by atoms with E-state index < -0.39 is 15.3 Å². The van der Waals surface area contributed by atoms with Crippen LogP contribution in [0.1, 0.15) is 33.5 Å². The van der Waals surface area contributed by atoms with E-state index in [1.54, 1.807) is 25.3 Å². The molecule has 1 aromatic heterocycles. The molecule has 6 heteroatoms. The fraction of sp³-hybridized carbons (Fsp3) is 0.692. The molecule has 1 rings (SSSR count). The first-order valence-electron chi connectivity index (χ1n) is 6.62. The van der Waals surface area contributed by atoms with E-state index in [2.05, 4.69) is 5.32 Å². The van der Waals surface area contributed by atoms with E-state index in [4.69, 9.17) is 4.42 Å². The predicted molar refractivity (Wildman–Crippen MR) is 76.3 cm³/mol. The zero-order valence-electron chi connectivity index (χ0n) is 12.1. The molecule has 0 bridgehead atoms. The van der Waals surface area contributed by atoms with Gasteiger partial charge in [-0.2, -0.15) is 4.31 Å². The minimum atomic E-state index is -3.31. The molecule has 5 nitrogen and oxygen atoms in total. The van der Waals surface area contributed by atoms with Gasteiger partial charge in [-0.25, -0.2) is 8.42 Å². The molecular weight excluding hydrogens is 264 g/mol. The molecule has 1 atom stereocenters. The van der Waals surface area contributed by atoms with Crippen LogP contribution in [0.25, 0.3) is 0 Å². The fourth-order valence-electron chi connectivity index (χ4n) is 1.72. The van der Waals surface area contributed by atoms with Gasteiger partial charge in [-0.1, -0.05) is 20.8 Å². The Kier molecular flexibility index (Phi) is 6.03. The second kappa shape index (κ2) is 7.07. The molecule has 0 saturated carbocycles. The highest BCUT2D eigenvalue weighted by Crippen LogP contribution is 2.13. The van der Waals surface area contributed by atoms with Crippen molar-refractivity contribution in [1.82, 2.24) is 9.62 Å². The van der Waals surface area contributed by atoms with Gasteiger partial charge in [0.05, 0.1) is 18.1 Å². The topological polar surface area (TPSA) is 62.6 Å². The van der Waals surface area contributed by atoms with Crippen LogP contribution < -0.4 is 5.32 Å². The van der Waals surface area contributed by atoms with Crippen LogP contribution in [0.15, 0.2) is 22.8 Å². The van der Waals surface area contributed by atoms with Gasteiger partial charge in [-0.3, -0.25) is 0 Å². The third-order valence-corrected chi connectivity index (χ3v) is 5.24. The maximum Gasteiger partial charge on any atom is 0.218 e. The molecule has 0 aliphatic carbocycles. The number of nitrogens with zero attached hydrogens (tertiary/aromatic N) is 1. The zero-order valence-corrected chi connectivity index (χ0v) is 12.9. The highest BCUT2D eigenvalue weighted by molar-refractivity contribution is 7.89. The first-order valence-corrected chi connectivity index (χ1v) is 8.13. The molecule has 0 amide bonds. The molecule has 0 aromatic carbocycles. The monoisotopic (exact) mass is 288 g/mol. The van der Waals surface area contributed by atoms with Crippen molar-refractivity contribution in [3.05, 3.63) is 24.2 Å². The molecule has 1 heterocycles. The third-order valence-electron chi connectivity index (χ3n) is 2.95. The minimum absolute atomic E-state index is 0.276. The summed E-state index contributed by atoms with van der Waals surface area (Å²) in [6.45, 7) is 8.75. The van der Waals surface area contributed by atoms with E-state index in [9.17, 15) is 8.42 Å². The third kappa shape index (κ3) is 4.63. The SMILES string of the molecule is CCN(Cc1ccco1)S(=O)(=O)C(C)CNC(C)C. The Labute approximate surface area is 116 Å². The predicted octanol–water partition coefficient (Wildman–Crippen LogP) is 1.82. The van der Waals surface area contributed by atoms with E-state index in [0.29, 0.717) is 18.8 Å². The van der Waals surface area contributed by atoms with E-state index in [1.165, 1.54) is 4.31 Å². The van der Waals surface area contributed by atoms with Gasteiger partial charge in [-0.05, 0) is 19.1 Å². The number of nitrogens with one attached hydrogen (secondary N) is 1. The summed E-state index contributed by atoms with van der Waals surface area (Å²) in [7, 11) is -3.31. The van der Waals surface area contributed by atoms with Gasteiger partial charge < -0.3 is 9.73 Å². The lowest BCUT2D eigenvalue weighted by molar-refractivity contribution is 0.370. The molecule has 0 aliphatic heterocycles. The molecule has 1 aromatic rings. The van der Waals surface area contributed by atoms with Crippen LogP contribution in [-0.4, -0.2) is 37.1 Å². The summed E-state index contributed by atoms with van der Waals surface area (Å²) < 4.78 is 31.6. The second-order valence-electron chi connectivity index (χ2n) is 4.92. The van der Waals surface area contributed by atoms with Crippen molar-refractivity contribution in [3.8, 4) is 0 Å². The Morgan fingerprint density at radius 1 is 1.37 bits per heavy atom. The van der Waals surface area contributed by atoms with Gasteiger partial charge in [0, 0.05) is 19.1 Å². The molecular formula is C13H24N2O3S. The molecule has 110 valence electrons. The molecule has 19 heavy (non-hydrogen) atoms. The van der Waals surface area contributed by atoms with Crippen molar-refractivity contribution in [2.75, 3.05) is 13.1 Å². The lowest BCUT2D eigenvalue weighted by Gasteiger charge is -2.24. The van der Waals surface area contributed by atoms with Crippen molar-refractivity contribution in [3.63, 3.8) is 0 Å². The van der Waals surface area contributed by atoms with Crippen molar-refractivity contribution >= 4 is 10.0 Å². The Morgan fingerprint density at radius 2 is 2.05 bits per heavy atom. The second-order valence-corrected chi connectivity index (χ2v) is 7.28. The van der Waals surface area contributed by atoms with E-state index in [1.807, 2.05) is 20.8 Å². The molecule has 0 spiro atoms. The van der Waals surface area contributed by atoms with Crippen LogP contribution in [0.2, 0.25) is 0 Å². The molecule has 0 aliphatic rings. The van der Waals surface area contributed by atoms with E-state index in [0.717, 1.165) is 0 Å². The number of sulfonamides is 1. The number of rotatable bonds is 8. The quantitative estimate of drug-likeness (QED) is 0.792. The van der Waals surface area contributed by atoms with Crippen LogP contribution in [-0.2, 0) is 16.6 Å². The summed E-state index contributed by atoms with van der Waals surface area (Å²) in [5.41, 5.74) is 0. The summed E-state index contributed by atoms with van der Waals surface area (Å²) >= 11 is 0. The lowest BCUT2D eigenvalue weighted by atomic mass is 10.3. The minimum Gasteiger partial charge on any atom is -0.468 e. The molecule has 0 fully saturated rings. The van der Waals surface area contributed by atoms with Crippen molar-refractivity contribution in [2.45, 2.75) is 45.5 Å². The first kappa shape index (κ1) is 16.2. The highest BCUT2D eigenvalue weighted by Gasteiger charge is 2.28. The zero-order chi connectivity index (χ0) is 14.5. The average Bonchev–Trinajstić information content (AvgIpc) is 2.85. The van der Waals surface area contributed by atoms with Gasteiger partial charge in [0.2, 0.25) is 10.0 Å². The molecule has 1 unspecified atom stereocenters. The highest BCUT2D eigenvalue weighted by atomic mass is 32.2. The van der Waals surface area contributed by atoms with Crippen molar-refractivity contribution in [2.24, 2.45) is 0 Å². The number of hydrogen-bond acceptors (Lipinski definition) is 4. The first-order chi connectivity index (χ1) is 8.87. The van der Waals surface area contributed by atoms with Crippen LogP contribution >= 0.6 is 0 Å². The normalized spacial score (nSPS) is 14.2. The summed E-state index contributed by atoms with van der Waals surface area (Å²) in [5.74, 6) is 0.662. The van der Waals surface area contributed by atoms with E-state index in [-0.39, 0.29) is 12.6 Å². The largest absolute Gasteiger partial charge is 0.468 e. The lowest BCUT2D eigenvalue weighted by Crippen LogP contribution is -2.42. The van der Waals surface area contributed by atoms with Crippen LogP contribution in [0.5, 0.6) is 0 Å². The van der Waals surface area contributed by atoms with Crippen molar-refractivity contribution in [1.29, 1.82) is 0 Å². The van der Waals surface area contributed by atoms with Crippen LogP contribution in [0.4, 0.5) is 0 Å². The standard InChI is InChI=1S/C13H24N2O3S/c1-5-15(10-13-7-6-8-18-13)19(16,17)12(4)9-14-11(2)3/h6-8,11-12,14H,5,9-10H2,1-4H3. The van der Waals surface area contributed by atoms with Gasteiger partial charge >= 0.3 is 0 Å². The van der Waals surface area contributed by atoms with Crippen LogP contribution in [0, 0.1) is 0 Å². The van der Waals surface area contributed by atoms with Gasteiger partial charge in [0.25, 0.3) is 0 Å². The molecule has 1 N–H and O–H groups in total.